The minimum Gasteiger partial charge on any atom is -0.465 e. The first-order valence-corrected chi connectivity index (χ1v) is 10.4. The van der Waals surface area contributed by atoms with Crippen LogP contribution in [-0.2, 0) is 9.47 Å². The molecule has 0 saturated carbocycles. The molecule has 1 aromatic carbocycles. The van der Waals surface area contributed by atoms with Gasteiger partial charge in [0.05, 0.1) is 37.0 Å². The topological polar surface area (TPSA) is 72.0 Å². The third-order valence-corrected chi connectivity index (χ3v) is 5.80. The van der Waals surface area contributed by atoms with Crippen LogP contribution in [0.4, 0.5) is 0 Å². The standard InChI is InChI=1S/C23H27N3O4/c1-29-23(28)19-13-18(14-24-15-19)22(27)26-11-12-30-20(16-25-9-5-6-10-25)21(26)17-7-3-2-4-8-17/h2-4,7-8,13-15,20-21H,5-6,9-12,16H2,1H3/t20-,21-/m0/s1. The van der Waals surface area contributed by atoms with E-state index in [1.54, 1.807) is 6.07 Å². The number of carbonyl (C=O) groups excluding carboxylic acids is 2. The Balaban J connectivity index is 1.64. The summed E-state index contributed by atoms with van der Waals surface area (Å²) in [5, 5.41) is 0. The summed E-state index contributed by atoms with van der Waals surface area (Å²) in [5.74, 6) is -0.664. The summed E-state index contributed by atoms with van der Waals surface area (Å²) < 4.78 is 10.9. The van der Waals surface area contributed by atoms with Crippen LogP contribution in [0.5, 0.6) is 0 Å². The van der Waals surface area contributed by atoms with E-state index in [9.17, 15) is 9.59 Å². The highest BCUT2D eigenvalue weighted by molar-refractivity contribution is 5.97. The molecule has 2 saturated heterocycles. The van der Waals surface area contributed by atoms with Gasteiger partial charge in [0, 0.05) is 25.5 Å². The number of morpholine rings is 1. The second kappa shape index (κ2) is 9.36. The highest BCUT2D eigenvalue weighted by Crippen LogP contribution is 2.32. The van der Waals surface area contributed by atoms with E-state index >= 15 is 0 Å². The van der Waals surface area contributed by atoms with Crippen molar-refractivity contribution in [1.29, 1.82) is 0 Å². The van der Waals surface area contributed by atoms with Crippen molar-refractivity contribution in [2.24, 2.45) is 0 Å². The number of aromatic nitrogens is 1. The minimum absolute atomic E-state index is 0.111. The lowest BCUT2D eigenvalue weighted by Crippen LogP contribution is -2.51. The molecule has 1 aromatic heterocycles. The van der Waals surface area contributed by atoms with Gasteiger partial charge >= 0.3 is 5.97 Å². The number of pyridine rings is 1. The molecule has 3 heterocycles. The number of hydrogen-bond acceptors (Lipinski definition) is 6. The third-order valence-electron chi connectivity index (χ3n) is 5.80. The molecule has 2 aromatic rings. The molecule has 7 nitrogen and oxygen atoms in total. The average molecular weight is 409 g/mol. The lowest BCUT2D eigenvalue weighted by molar-refractivity contribution is -0.0707. The van der Waals surface area contributed by atoms with Gasteiger partial charge in [-0.3, -0.25) is 9.78 Å². The molecular formula is C23H27N3O4. The Labute approximate surface area is 176 Å². The van der Waals surface area contributed by atoms with Gasteiger partial charge in [0.25, 0.3) is 5.91 Å². The molecule has 0 aliphatic carbocycles. The van der Waals surface area contributed by atoms with Crippen LogP contribution in [0.1, 0.15) is 45.2 Å². The molecule has 1 amide bonds. The molecule has 2 atom stereocenters. The maximum atomic E-state index is 13.5. The fourth-order valence-corrected chi connectivity index (χ4v) is 4.33. The van der Waals surface area contributed by atoms with E-state index in [0.717, 1.165) is 25.2 Å². The first-order valence-electron chi connectivity index (χ1n) is 10.4. The molecule has 0 spiro atoms. The van der Waals surface area contributed by atoms with Gasteiger partial charge in [-0.1, -0.05) is 30.3 Å². The predicted octanol–water partition coefficient (Wildman–Crippen LogP) is 2.55. The molecule has 0 bridgehead atoms. The van der Waals surface area contributed by atoms with Gasteiger partial charge in [-0.15, -0.1) is 0 Å². The summed E-state index contributed by atoms with van der Waals surface area (Å²) in [6, 6.07) is 11.4. The Kier molecular flexibility index (Phi) is 6.40. The van der Waals surface area contributed by atoms with Crippen LogP contribution in [0.25, 0.3) is 0 Å². The highest BCUT2D eigenvalue weighted by atomic mass is 16.5. The maximum Gasteiger partial charge on any atom is 0.339 e. The summed E-state index contributed by atoms with van der Waals surface area (Å²) in [6.07, 6.45) is 5.21. The smallest absolute Gasteiger partial charge is 0.339 e. The summed E-state index contributed by atoms with van der Waals surface area (Å²) in [5.41, 5.74) is 1.69. The van der Waals surface area contributed by atoms with E-state index in [0.29, 0.717) is 18.7 Å². The number of benzene rings is 1. The van der Waals surface area contributed by atoms with Gasteiger partial charge in [0.2, 0.25) is 0 Å². The van der Waals surface area contributed by atoms with Crippen LogP contribution in [0.3, 0.4) is 0 Å². The summed E-state index contributed by atoms with van der Waals surface area (Å²) >= 11 is 0. The number of carbonyl (C=O) groups is 2. The number of esters is 1. The van der Waals surface area contributed by atoms with Gasteiger partial charge < -0.3 is 19.3 Å². The first-order chi connectivity index (χ1) is 14.7. The molecule has 7 heteroatoms. The molecule has 158 valence electrons. The Morgan fingerprint density at radius 2 is 1.83 bits per heavy atom. The average Bonchev–Trinajstić information content (AvgIpc) is 3.31. The normalized spacial score (nSPS) is 22.1. The maximum absolute atomic E-state index is 13.5. The highest BCUT2D eigenvalue weighted by Gasteiger charge is 2.38. The van der Waals surface area contributed by atoms with Crippen molar-refractivity contribution in [2.45, 2.75) is 25.0 Å². The van der Waals surface area contributed by atoms with Crippen LogP contribution >= 0.6 is 0 Å². The number of methoxy groups -OCH3 is 1. The Morgan fingerprint density at radius 3 is 2.57 bits per heavy atom. The van der Waals surface area contributed by atoms with Gasteiger partial charge in [-0.25, -0.2) is 4.79 Å². The lowest BCUT2D eigenvalue weighted by atomic mass is 9.96. The monoisotopic (exact) mass is 409 g/mol. The van der Waals surface area contributed by atoms with Crippen molar-refractivity contribution in [2.75, 3.05) is 39.9 Å². The third kappa shape index (κ3) is 4.37. The lowest BCUT2D eigenvalue weighted by Gasteiger charge is -2.42. The van der Waals surface area contributed by atoms with Crippen molar-refractivity contribution in [3.8, 4) is 0 Å². The zero-order valence-electron chi connectivity index (χ0n) is 17.2. The number of nitrogens with zero attached hydrogens (tertiary/aromatic N) is 3. The Bertz CT molecular complexity index is 883. The number of amides is 1. The molecule has 0 N–H and O–H groups in total. The molecule has 0 radical (unpaired) electrons. The van der Waals surface area contributed by atoms with Crippen molar-refractivity contribution >= 4 is 11.9 Å². The Hall–Kier alpha value is -2.77. The predicted molar refractivity (Wildman–Crippen MR) is 111 cm³/mol. The molecule has 2 fully saturated rings. The molecule has 30 heavy (non-hydrogen) atoms. The summed E-state index contributed by atoms with van der Waals surface area (Å²) in [7, 11) is 1.31. The van der Waals surface area contributed by atoms with Crippen molar-refractivity contribution in [1.82, 2.24) is 14.8 Å². The summed E-state index contributed by atoms with van der Waals surface area (Å²) in [4.78, 5) is 33.7. The quantitative estimate of drug-likeness (QED) is 0.707. The molecule has 4 rings (SSSR count). The van der Waals surface area contributed by atoms with Crippen molar-refractivity contribution in [3.63, 3.8) is 0 Å². The SMILES string of the molecule is COC(=O)c1cncc(C(=O)N2CCO[C@@H](CN3CCCC3)[C@@H]2c2ccccc2)c1. The minimum atomic E-state index is -0.509. The second-order valence-corrected chi connectivity index (χ2v) is 7.72. The number of likely N-dealkylation sites (tertiary alicyclic amines) is 1. The Morgan fingerprint density at radius 1 is 1.10 bits per heavy atom. The molecule has 2 aliphatic rings. The van der Waals surface area contributed by atoms with E-state index in [-0.39, 0.29) is 23.6 Å². The second-order valence-electron chi connectivity index (χ2n) is 7.72. The van der Waals surface area contributed by atoms with Crippen LogP contribution in [-0.4, -0.2) is 72.7 Å². The summed E-state index contributed by atoms with van der Waals surface area (Å²) in [6.45, 7) is 3.90. The van der Waals surface area contributed by atoms with Crippen LogP contribution < -0.4 is 0 Å². The van der Waals surface area contributed by atoms with Gasteiger partial charge in [0.1, 0.15) is 0 Å². The largest absolute Gasteiger partial charge is 0.465 e. The van der Waals surface area contributed by atoms with Gasteiger partial charge in [-0.05, 0) is 37.6 Å². The first kappa shape index (κ1) is 20.5. The molecule has 0 unspecified atom stereocenters. The van der Waals surface area contributed by atoms with E-state index in [1.165, 1.54) is 32.3 Å². The van der Waals surface area contributed by atoms with Gasteiger partial charge in [0.15, 0.2) is 0 Å². The van der Waals surface area contributed by atoms with E-state index in [4.69, 9.17) is 9.47 Å². The number of hydrogen-bond donors (Lipinski definition) is 0. The number of rotatable bonds is 5. The fraction of sp³-hybridized carbons (Fsp3) is 0.435. The zero-order valence-corrected chi connectivity index (χ0v) is 17.2. The van der Waals surface area contributed by atoms with E-state index < -0.39 is 5.97 Å². The number of ether oxygens (including phenoxy) is 2. The van der Waals surface area contributed by atoms with Crippen LogP contribution in [0, 0.1) is 0 Å². The fourth-order valence-electron chi connectivity index (χ4n) is 4.33. The van der Waals surface area contributed by atoms with Crippen molar-refractivity contribution < 1.29 is 19.1 Å². The van der Waals surface area contributed by atoms with E-state index in [2.05, 4.69) is 9.88 Å². The van der Waals surface area contributed by atoms with Crippen LogP contribution in [0.2, 0.25) is 0 Å². The van der Waals surface area contributed by atoms with Gasteiger partial charge in [-0.2, -0.15) is 0 Å². The van der Waals surface area contributed by atoms with Crippen molar-refractivity contribution in [3.05, 3.63) is 65.5 Å². The van der Waals surface area contributed by atoms with Crippen LogP contribution in [0.15, 0.2) is 48.8 Å². The zero-order chi connectivity index (χ0) is 20.9. The molecule has 2 aliphatic heterocycles. The molecular weight excluding hydrogens is 382 g/mol. The van der Waals surface area contributed by atoms with E-state index in [1.807, 2.05) is 35.2 Å².